The van der Waals surface area contributed by atoms with Gasteiger partial charge in [-0.3, -0.25) is 0 Å². The fourth-order valence-electron chi connectivity index (χ4n) is 1.49. The van der Waals surface area contributed by atoms with Crippen LogP contribution in [0.25, 0.3) is 0 Å². The zero-order valence-corrected chi connectivity index (χ0v) is 7.94. The molecule has 3 heteroatoms. The molecule has 0 amide bonds. The fourth-order valence-corrected chi connectivity index (χ4v) is 1.70. The van der Waals surface area contributed by atoms with Gasteiger partial charge < -0.3 is 5.32 Å². The number of nitrogens with one attached hydrogen (secondary N) is 1. The summed E-state index contributed by atoms with van der Waals surface area (Å²) in [5.74, 6) is 0.360. The summed E-state index contributed by atoms with van der Waals surface area (Å²) in [4.78, 5) is 0. The summed E-state index contributed by atoms with van der Waals surface area (Å²) in [5, 5.41) is 3.43. The van der Waals surface area contributed by atoms with Crippen molar-refractivity contribution in [3.05, 3.63) is 34.6 Å². The van der Waals surface area contributed by atoms with Gasteiger partial charge in [0.1, 0.15) is 5.82 Å². The van der Waals surface area contributed by atoms with E-state index in [0.717, 1.165) is 25.1 Å². The zero-order chi connectivity index (χ0) is 9.26. The molecule has 0 unspecified atom stereocenters. The molecule has 13 heavy (non-hydrogen) atoms. The molecule has 0 bridgehead atoms. The van der Waals surface area contributed by atoms with Crippen LogP contribution in [0.1, 0.15) is 5.56 Å². The van der Waals surface area contributed by atoms with Gasteiger partial charge in [-0.1, -0.05) is 17.7 Å². The molecule has 1 N–H and O–H groups in total. The van der Waals surface area contributed by atoms with E-state index in [9.17, 15) is 4.39 Å². The lowest BCUT2D eigenvalue weighted by Gasteiger charge is -2.27. The number of halogens is 2. The second kappa shape index (κ2) is 3.64. The average molecular weight is 200 g/mol. The van der Waals surface area contributed by atoms with Gasteiger partial charge in [-0.15, -0.1) is 0 Å². The SMILES string of the molecule is Fc1ccc(CC2CNC2)cc1Cl. The minimum Gasteiger partial charge on any atom is -0.316 e. The zero-order valence-electron chi connectivity index (χ0n) is 7.19. The van der Waals surface area contributed by atoms with Crippen LogP contribution < -0.4 is 5.32 Å². The first-order chi connectivity index (χ1) is 6.25. The topological polar surface area (TPSA) is 12.0 Å². The Morgan fingerprint density at radius 3 is 2.77 bits per heavy atom. The molecular weight excluding hydrogens is 189 g/mol. The van der Waals surface area contributed by atoms with Crippen LogP contribution in [0, 0.1) is 11.7 Å². The largest absolute Gasteiger partial charge is 0.316 e. The van der Waals surface area contributed by atoms with E-state index in [1.807, 2.05) is 0 Å². The number of hydrogen-bond acceptors (Lipinski definition) is 1. The summed E-state index contributed by atoms with van der Waals surface area (Å²) in [6.45, 7) is 2.13. The molecule has 1 heterocycles. The fraction of sp³-hybridized carbons (Fsp3) is 0.400. The van der Waals surface area contributed by atoms with Crippen LogP contribution in [-0.2, 0) is 6.42 Å². The van der Waals surface area contributed by atoms with Crippen LogP contribution in [0.2, 0.25) is 5.02 Å². The molecule has 0 aliphatic carbocycles. The molecule has 1 aliphatic heterocycles. The summed E-state index contributed by atoms with van der Waals surface area (Å²) in [6.07, 6.45) is 0.993. The van der Waals surface area contributed by atoms with Crippen molar-refractivity contribution in [1.29, 1.82) is 0 Å². The smallest absolute Gasteiger partial charge is 0.141 e. The van der Waals surface area contributed by atoms with Crippen molar-refractivity contribution in [2.45, 2.75) is 6.42 Å². The van der Waals surface area contributed by atoms with Crippen molar-refractivity contribution in [2.24, 2.45) is 5.92 Å². The van der Waals surface area contributed by atoms with Gasteiger partial charge in [-0.25, -0.2) is 4.39 Å². The Morgan fingerprint density at radius 2 is 2.23 bits per heavy atom. The predicted molar refractivity (Wildman–Crippen MR) is 51.5 cm³/mol. The van der Waals surface area contributed by atoms with Crippen molar-refractivity contribution < 1.29 is 4.39 Å². The van der Waals surface area contributed by atoms with E-state index in [4.69, 9.17) is 11.6 Å². The highest BCUT2D eigenvalue weighted by Gasteiger charge is 2.17. The molecule has 70 valence electrons. The molecule has 1 fully saturated rings. The normalized spacial score (nSPS) is 17.1. The molecule has 0 aromatic heterocycles. The lowest BCUT2D eigenvalue weighted by Crippen LogP contribution is -2.43. The highest BCUT2D eigenvalue weighted by molar-refractivity contribution is 6.30. The molecule has 0 spiro atoms. The highest BCUT2D eigenvalue weighted by Crippen LogP contribution is 2.19. The summed E-state index contributed by atoms with van der Waals surface area (Å²) in [5.41, 5.74) is 1.12. The third kappa shape index (κ3) is 2.01. The second-order valence-corrected chi connectivity index (χ2v) is 3.88. The molecule has 1 aromatic rings. The van der Waals surface area contributed by atoms with Gasteiger partial charge in [0, 0.05) is 0 Å². The first-order valence-corrected chi connectivity index (χ1v) is 4.78. The highest BCUT2D eigenvalue weighted by atomic mass is 35.5. The lowest BCUT2D eigenvalue weighted by molar-refractivity contribution is 0.346. The van der Waals surface area contributed by atoms with E-state index in [0.29, 0.717) is 5.92 Å². The van der Waals surface area contributed by atoms with Gasteiger partial charge in [0.15, 0.2) is 0 Å². The first kappa shape index (κ1) is 8.97. The quantitative estimate of drug-likeness (QED) is 0.771. The standard InChI is InChI=1S/C10H11ClFN/c11-9-4-7(1-2-10(9)12)3-8-5-13-6-8/h1-2,4,8,13H,3,5-6H2. The molecule has 1 saturated heterocycles. The van der Waals surface area contributed by atoms with E-state index < -0.39 is 0 Å². The Morgan fingerprint density at radius 1 is 1.46 bits per heavy atom. The Kier molecular flexibility index (Phi) is 2.51. The molecule has 1 aliphatic rings. The summed E-state index contributed by atoms with van der Waals surface area (Å²) in [7, 11) is 0. The van der Waals surface area contributed by atoms with Gasteiger partial charge in [0.25, 0.3) is 0 Å². The Hall–Kier alpha value is -0.600. The second-order valence-electron chi connectivity index (χ2n) is 3.48. The van der Waals surface area contributed by atoms with Crippen LogP contribution in [-0.4, -0.2) is 13.1 Å². The van der Waals surface area contributed by atoms with E-state index in [1.165, 1.54) is 6.07 Å². The van der Waals surface area contributed by atoms with Crippen LogP contribution in [0.3, 0.4) is 0 Å². The van der Waals surface area contributed by atoms with Crippen LogP contribution in [0.15, 0.2) is 18.2 Å². The first-order valence-electron chi connectivity index (χ1n) is 4.40. The van der Waals surface area contributed by atoms with Crippen LogP contribution >= 0.6 is 11.6 Å². The number of benzene rings is 1. The molecule has 1 aromatic carbocycles. The Balaban J connectivity index is 2.07. The third-order valence-electron chi connectivity index (χ3n) is 2.37. The van der Waals surface area contributed by atoms with Crippen molar-refractivity contribution >= 4 is 11.6 Å². The van der Waals surface area contributed by atoms with Gasteiger partial charge in [0.05, 0.1) is 5.02 Å². The molecule has 0 atom stereocenters. The van der Waals surface area contributed by atoms with Crippen LogP contribution in [0.5, 0.6) is 0 Å². The van der Waals surface area contributed by atoms with Crippen LogP contribution in [0.4, 0.5) is 4.39 Å². The molecule has 0 saturated carbocycles. The Bertz CT molecular complexity index is 310. The summed E-state index contributed by atoms with van der Waals surface area (Å²) < 4.78 is 12.8. The van der Waals surface area contributed by atoms with Gasteiger partial charge in [-0.2, -0.15) is 0 Å². The van der Waals surface area contributed by atoms with E-state index >= 15 is 0 Å². The van der Waals surface area contributed by atoms with Crippen molar-refractivity contribution in [3.63, 3.8) is 0 Å². The third-order valence-corrected chi connectivity index (χ3v) is 2.66. The van der Waals surface area contributed by atoms with Crippen molar-refractivity contribution in [2.75, 3.05) is 13.1 Å². The predicted octanol–water partition coefficient (Wildman–Crippen LogP) is 2.24. The number of rotatable bonds is 2. The van der Waals surface area contributed by atoms with Gasteiger partial charge >= 0.3 is 0 Å². The minimum atomic E-state index is -0.336. The van der Waals surface area contributed by atoms with Crippen molar-refractivity contribution in [3.8, 4) is 0 Å². The maximum Gasteiger partial charge on any atom is 0.141 e. The van der Waals surface area contributed by atoms with E-state index in [2.05, 4.69) is 5.32 Å². The van der Waals surface area contributed by atoms with Gasteiger partial charge in [0.2, 0.25) is 0 Å². The summed E-state index contributed by atoms with van der Waals surface area (Å²) >= 11 is 5.67. The lowest BCUT2D eigenvalue weighted by atomic mass is 9.94. The van der Waals surface area contributed by atoms with Crippen molar-refractivity contribution in [1.82, 2.24) is 5.32 Å². The molecule has 2 rings (SSSR count). The van der Waals surface area contributed by atoms with Gasteiger partial charge in [-0.05, 0) is 43.1 Å². The molecular formula is C10H11ClFN. The molecule has 0 radical (unpaired) electrons. The minimum absolute atomic E-state index is 0.227. The van der Waals surface area contributed by atoms with E-state index in [-0.39, 0.29) is 10.8 Å². The maximum atomic E-state index is 12.8. The monoisotopic (exact) mass is 199 g/mol. The molecule has 1 nitrogen and oxygen atoms in total. The average Bonchev–Trinajstić information content (AvgIpc) is 2.04. The summed E-state index contributed by atoms with van der Waals surface area (Å²) in [6, 6.07) is 4.96. The number of hydrogen-bond donors (Lipinski definition) is 1. The Labute approximate surface area is 81.9 Å². The maximum absolute atomic E-state index is 12.8. The van der Waals surface area contributed by atoms with E-state index in [1.54, 1.807) is 12.1 Å².